The summed E-state index contributed by atoms with van der Waals surface area (Å²) in [5, 5.41) is 3.08. The van der Waals surface area contributed by atoms with Crippen LogP contribution in [0.3, 0.4) is 0 Å². The number of thiazole rings is 1. The Hall–Kier alpha value is -3.12. The largest absolute Gasteiger partial charge is 0.573 e. The molecule has 7 nitrogen and oxygen atoms in total. The maximum absolute atomic E-state index is 13.2. The zero-order chi connectivity index (χ0) is 26.0. The van der Waals surface area contributed by atoms with Crippen molar-refractivity contribution in [2.75, 3.05) is 18.0 Å². The van der Waals surface area contributed by atoms with E-state index in [9.17, 15) is 22.8 Å². The van der Waals surface area contributed by atoms with E-state index in [1.165, 1.54) is 23.5 Å². The van der Waals surface area contributed by atoms with Crippen molar-refractivity contribution in [3.63, 3.8) is 0 Å². The molecule has 1 fully saturated rings. The first-order chi connectivity index (χ1) is 17.0. The topological polar surface area (TPSA) is 77.7 Å². The van der Waals surface area contributed by atoms with Gasteiger partial charge < -0.3 is 19.9 Å². The van der Waals surface area contributed by atoms with Gasteiger partial charge in [-0.25, -0.2) is 4.79 Å². The Labute approximate surface area is 214 Å². The third kappa shape index (κ3) is 6.16. The maximum Gasteiger partial charge on any atom is 0.573 e. The number of carbonyl (C=O) groups excluding carboxylic acids is 2. The predicted molar refractivity (Wildman–Crippen MR) is 135 cm³/mol. The van der Waals surface area contributed by atoms with Crippen LogP contribution in [0.4, 0.5) is 23.7 Å². The van der Waals surface area contributed by atoms with Crippen LogP contribution >= 0.6 is 23.6 Å². The molecule has 0 spiro atoms. The van der Waals surface area contributed by atoms with Gasteiger partial charge in [0.1, 0.15) is 5.75 Å². The Morgan fingerprint density at radius 1 is 1.17 bits per heavy atom. The molecule has 0 radical (unpaired) electrons. The Bertz CT molecular complexity index is 1300. The van der Waals surface area contributed by atoms with Crippen LogP contribution in [0.5, 0.6) is 5.75 Å². The number of urea groups is 1. The fraction of sp³-hybridized carbons (Fsp3) is 0.375. The number of aromatic nitrogens is 1. The highest BCUT2D eigenvalue weighted by atomic mass is 32.1. The van der Waals surface area contributed by atoms with Crippen molar-refractivity contribution in [3.05, 3.63) is 52.0 Å². The first-order valence-corrected chi connectivity index (χ1v) is 12.6. The van der Waals surface area contributed by atoms with E-state index in [4.69, 9.17) is 12.2 Å². The van der Waals surface area contributed by atoms with Gasteiger partial charge in [0.15, 0.2) is 3.95 Å². The molecule has 2 N–H and O–H groups in total. The fourth-order valence-corrected chi connectivity index (χ4v) is 5.34. The Balaban J connectivity index is 1.35. The van der Waals surface area contributed by atoms with Crippen molar-refractivity contribution in [2.24, 2.45) is 0 Å². The molecule has 1 aliphatic rings. The summed E-state index contributed by atoms with van der Waals surface area (Å²) in [5.41, 5.74) is 1.98. The molecule has 192 valence electrons. The van der Waals surface area contributed by atoms with E-state index < -0.39 is 6.36 Å². The average molecular weight is 539 g/mol. The number of fused-ring (bicyclic) bond motifs is 1. The summed E-state index contributed by atoms with van der Waals surface area (Å²) in [6.45, 7) is 4.72. The van der Waals surface area contributed by atoms with Crippen LogP contribution in [0.1, 0.15) is 37.0 Å². The molecule has 0 saturated carbocycles. The number of piperidine rings is 1. The number of benzene rings is 2. The van der Waals surface area contributed by atoms with Crippen molar-refractivity contribution in [1.82, 2.24) is 15.2 Å². The molecule has 2 aromatic carbocycles. The molecule has 2 heterocycles. The van der Waals surface area contributed by atoms with Crippen LogP contribution in [0, 0.1) is 3.95 Å². The molecule has 1 aliphatic heterocycles. The molecule has 36 heavy (non-hydrogen) atoms. The lowest BCUT2D eigenvalue weighted by molar-refractivity contribution is -0.274. The summed E-state index contributed by atoms with van der Waals surface area (Å²) in [7, 11) is 0. The van der Waals surface area contributed by atoms with Crippen LogP contribution in [-0.2, 0) is 0 Å². The summed E-state index contributed by atoms with van der Waals surface area (Å²) in [6.07, 6.45) is -3.65. The van der Waals surface area contributed by atoms with Crippen molar-refractivity contribution in [2.45, 2.75) is 45.1 Å². The van der Waals surface area contributed by atoms with Crippen molar-refractivity contribution < 1.29 is 27.5 Å². The molecule has 0 bridgehead atoms. The number of likely N-dealkylation sites (tertiary alicyclic amines) is 1. The highest BCUT2D eigenvalue weighted by Crippen LogP contribution is 2.27. The average Bonchev–Trinajstić information content (AvgIpc) is 3.18. The van der Waals surface area contributed by atoms with Gasteiger partial charge in [-0.2, -0.15) is 0 Å². The van der Waals surface area contributed by atoms with Crippen molar-refractivity contribution in [1.29, 1.82) is 0 Å². The lowest BCUT2D eigenvalue weighted by atomic mass is 10.0. The number of carbonyl (C=O) groups is 2. The van der Waals surface area contributed by atoms with Gasteiger partial charge in [0.05, 0.1) is 10.2 Å². The summed E-state index contributed by atoms with van der Waals surface area (Å²) < 4.78 is 42.5. The van der Waals surface area contributed by atoms with Gasteiger partial charge in [-0.05, 0) is 81.4 Å². The maximum atomic E-state index is 13.2. The quantitative estimate of drug-likeness (QED) is 0.386. The molecule has 12 heteroatoms. The number of rotatable bonds is 5. The van der Waals surface area contributed by atoms with Crippen LogP contribution in [0.25, 0.3) is 10.2 Å². The van der Waals surface area contributed by atoms with Gasteiger partial charge >= 0.3 is 12.4 Å². The van der Waals surface area contributed by atoms with Gasteiger partial charge in [-0.1, -0.05) is 0 Å². The molecule has 3 amide bonds. The summed E-state index contributed by atoms with van der Waals surface area (Å²) in [4.78, 5) is 32.4. The minimum atomic E-state index is -4.78. The molecule has 1 aromatic heterocycles. The van der Waals surface area contributed by atoms with Crippen molar-refractivity contribution >= 4 is 51.4 Å². The number of aromatic amines is 1. The zero-order valence-corrected chi connectivity index (χ0v) is 21.2. The van der Waals surface area contributed by atoms with Gasteiger partial charge in [0.25, 0.3) is 5.91 Å². The van der Waals surface area contributed by atoms with Crippen LogP contribution < -0.4 is 15.0 Å². The van der Waals surface area contributed by atoms with Crippen LogP contribution in [0.2, 0.25) is 0 Å². The highest BCUT2D eigenvalue weighted by Gasteiger charge is 2.31. The number of H-pyrrole nitrogens is 1. The highest BCUT2D eigenvalue weighted by molar-refractivity contribution is 7.73. The van der Waals surface area contributed by atoms with Gasteiger partial charge in [0, 0.05) is 36.4 Å². The minimum absolute atomic E-state index is 0.0830. The number of nitrogens with zero attached hydrogens (tertiary/aromatic N) is 2. The van der Waals surface area contributed by atoms with E-state index in [0.29, 0.717) is 29.9 Å². The van der Waals surface area contributed by atoms with Crippen LogP contribution in [-0.4, -0.2) is 53.4 Å². The Morgan fingerprint density at radius 3 is 2.44 bits per heavy atom. The third-order valence-electron chi connectivity index (χ3n) is 5.86. The van der Waals surface area contributed by atoms with E-state index in [0.717, 1.165) is 28.0 Å². The summed E-state index contributed by atoms with van der Waals surface area (Å²) in [6, 6.07) is 10.2. The number of amides is 3. The first-order valence-electron chi connectivity index (χ1n) is 11.4. The summed E-state index contributed by atoms with van der Waals surface area (Å²) in [5.74, 6) is -0.652. The molecule has 4 rings (SSSR count). The number of nitrogens with one attached hydrogen (secondary N) is 2. The first kappa shape index (κ1) is 26.0. The van der Waals surface area contributed by atoms with E-state index in [2.05, 4.69) is 15.0 Å². The lowest BCUT2D eigenvalue weighted by Gasteiger charge is -2.35. The SMILES string of the molecule is CC(C)N(C(=O)NC1CCN(C(=O)c2ccc(OC(F)(F)F)cc2)CC1)c1ccc2[nH]c(=S)sc2c1. The Kier molecular flexibility index (Phi) is 7.55. The van der Waals surface area contributed by atoms with E-state index in [1.54, 1.807) is 9.80 Å². The van der Waals surface area contributed by atoms with Gasteiger partial charge in [0.2, 0.25) is 0 Å². The lowest BCUT2D eigenvalue weighted by Crippen LogP contribution is -2.52. The molecule has 3 aromatic rings. The molecule has 1 saturated heterocycles. The smallest absolute Gasteiger partial charge is 0.406 e. The zero-order valence-electron chi connectivity index (χ0n) is 19.6. The molecular weight excluding hydrogens is 513 g/mol. The van der Waals surface area contributed by atoms with E-state index in [-0.39, 0.29) is 35.3 Å². The second kappa shape index (κ2) is 10.5. The normalized spacial score (nSPS) is 14.8. The molecule has 0 aliphatic carbocycles. The number of halogens is 3. The number of alkyl halides is 3. The Morgan fingerprint density at radius 2 is 1.83 bits per heavy atom. The number of anilines is 1. The second-order valence-electron chi connectivity index (χ2n) is 8.75. The third-order valence-corrected chi connectivity index (χ3v) is 7.06. The molecule has 0 atom stereocenters. The number of hydrogen-bond donors (Lipinski definition) is 2. The molecule has 0 unspecified atom stereocenters. The number of ether oxygens (including phenoxy) is 1. The summed E-state index contributed by atoms with van der Waals surface area (Å²) >= 11 is 6.67. The van der Waals surface area contributed by atoms with Gasteiger partial charge in [-0.15, -0.1) is 24.5 Å². The van der Waals surface area contributed by atoms with Gasteiger partial charge in [-0.3, -0.25) is 9.69 Å². The monoisotopic (exact) mass is 538 g/mol. The number of hydrogen-bond acceptors (Lipinski definition) is 5. The fourth-order valence-electron chi connectivity index (χ4n) is 4.19. The van der Waals surface area contributed by atoms with Crippen molar-refractivity contribution in [3.8, 4) is 5.75 Å². The van der Waals surface area contributed by atoms with Crippen LogP contribution in [0.15, 0.2) is 42.5 Å². The van der Waals surface area contributed by atoms with E-state index in [1.807, 2.05) is 32.0 Å². The second-order valence-corrected chi connectivity index (χ2v) is 10.5. The van der Waals surface area contributed by atoms with E-state index >= 15 is 0 Å². The molecular formula is C24H25F3N4O3S2. The standard InChI is InChI=1S/C24H25F3N4O3S2/c1-14(2)31(17-5-8-19-20(13-17)36-23(35)29-19)22(33)28-16-9-11-30(12-10-16)21(32)15-3-6-18(7-4-15)34-24(25,26)27/h3-8,13-14,16H,9-12H2,1-2H3,(H,28,33)(H,29,35). The minimum Gasteiger partial charge on any atom is -0.406 e. The predicted octanol–water partition coefficient (Wildman–Crippen LogP) is 6.09.